The predicted molar refractivity (Wildman–Crippen MR) is 144 cm³/mol. The normalized spacial score (nSPS) is 12.5. The zero-order valence-electron chi connectivity index (χ0n) is 21.3. The smallest absolute Gasteiger partial charge is 0.324 e. The molecular formula is C29H30N2O5S. The summed E-state index contributed by atoms with van der Waals surface area (Å²) in [5.74, 6) is -0.0821. The molecule has 0 saturated heterocycles. The highest BCUT2D eigenvalue weighted by atomic mass is 32.2. The van der Waals surface area contributed by atoms with Crippen LogP contribution in [-0.4, -0.2) is 32.5 Å². The zero-order valence-corrected chi connectivity index (χ0v) is 22.1. The van der Waals surface area contributed by atoms with E-state index in [4.69, 9.17) is 9.47 Å². The van der Waals surface area contributed by atoms with E-state index < -0.39 is 22.0 Å². The van der Waals surface area contributed by atoms with E-state index in [1.54, 1.807) is 26.0 Å². The molecule has 192 valence electrons. The van der Waals surface area contributed by atoms with Gasteiger partial charge in [0.05, 0.1) is 17.5 Å². The van der Waals surface area contributed by atoms with Crippen molar-refractivity contribution < 1.29 is 22.7 Å². The first kappa shape index (κ1) is 26.3. The van der Waals surface area contributed by atoms with Crippen LogP contribution in [0.4, 0.5) is 0 Å². The second kappa shape index (κ2) is 11.1. The summed E-state index contributed by atoms with van der Waals surface area (Å²) in [4.78, 5) is 16.6. The third kappa shape index (κ3) is 6.15. The summed E-state index contributed by atoms with van der Waals surface area (Å²) in [5, 5.41) is 0.973. The summed E-state index contributed by atoms with van der Waals surface area (Å²) in [6.45, 7) is 5.86. The summed E-state index contributed by atoms with van der Waals surface area (Å²) in [7, 11) is -2.65. The second-order valence-electron chi connectivity index (χ2n) is 9.16. The Bertz CT molecular complexity index is 1500. The van der Waals surface area contributed by atoms with Gasteiger partial charge in [0.1, 0.15) is 18.4 Å². The van der Waals surface area contributed by atoms with Crippen LogP contribution in [0.5, 0.6) is 5.75 Å². The summed E-state index contributed by atoms with van der Waals surface area (Å²) in [5.41, 5.74) is 4.62. The first-order valence-electron chi connectivity index (χ1n) is 12.0. The number of carbonyl (C=O) groups excluding carboxylic acids is 1. The number of nitrogens with zero attached hydrogens (tertiary/aromatic N) is 1. The van der Waals surface area contributed by atoms with Gasteiger partial charge in [-0.1, -0.05) is 62.4 Å². The fourth-order valence-electron chi connectivity index (χ4n) is 3.99. The van der Waals surface area contributed by atoms with Gasteiger partial charge in [-0.25, -0.2) is 8.42 Å². The lowest BCUT2D eigenvalue weighted by atomic mass is 10.0. The fraction of sp³-hybridized carbons (Fsp3) is 0.241. The van der Waals surface area contributed by atoms with Crippen LogP contribution in [0.1, 0.15) is 25.1 Å². The van der Waals surface area contributed by atoms with E-state index >= 15 is 0 Å². The highest BCUT2D eigenvalue weighted by Gasteiger charge is 2.29. The molecule has 0 saturated carbocycles. The largest absolute Gasteiger partial charge is 0.488 e. The number of esters is 1. The maximum absolute atomic E-state index is 12.8. The molecule has 0 aliphatic heterocycles. The van der Waals surface area contributed by atoms with Gasteiger partial charge in [0.15, 0.2) is 0 Å². The van der Waals surface area contributed by atoms with Gasteiger partial charge in [-0.3, -0.25) is 9.78 Å². The first-order valence-corrected chi connectivity index (χ1v) is 13.4. The molecule has 0 amide bonds. The van der Waals surface area contributed by atoms with E-state index in [1.807, 2.05) is 61.5 Å². The van der Waals surface area contributed by atoms with Crippen LogP contribution < -0.4 is 9.46 Å². The molecule has 4 aromatic rings. The highest BCUT2D eigenvalue weighted by Crippen LogP contribution is 2.27. The Morgan fingerprint density at radius 3 is 2.19 bits per heavy atom. The van der Waals surface area contributed by atoms with Crippen LogP contribution in [-0.2, 0) is 26.2 Å². The van der Waals surface area contributed by atoms with Gasteiger partial charge in [-0.15, -0.1) is 0 Å². The van der Waals surface area contributed by atoms with Crippen molar-refractivity contribution in [3.63, 3.8) is 0 Å². The van der Waals surface area contributed by atoms with Gasteiger partial charge in [0, 0.05) is 17.1 Å². The molecule has 4 rings (SSSR count). The summed E-state index contributed by atoms with van der Waals surface area (Å²) in [6.07, 6.45) is 0. The van der Waals surface area contributed by atoms with Gasteiger partial charge in [0.2, 0.25) is 10.0 Å². The molecule has 1 aromatic heterocycles. The number of benzene rings is 3. The lowest BCUT2D eigenvalue weighted by Gasteiger charge is -2.19. The molecule has 0 spiro atoms. The summed E-state index contributed by atoms with van der Waals surface area (Å²) < 4.78 is 38.9. The number of fused-ring (bicyclic) bond motifs is 1. The topological polar surface area (TPSA) is 94.6 Å². The molecule has 1 N–H and O–H groups in total. The standard InChI is InChI=1S/C29H30N2O5S/c1-19(2)28(29(32)35-4)31-37(33,34)24-15-13-23(14-16-24)22-11-9-21(10-12-22)18-36-27-17-20(3)30-26-8-6-5-7-25(26)27/h5-17,19,28,31H,18H2,1-4H3/t28-/m1/s1. The summed E-state index contributed by atoms with van der Waals surface area (Å²) in [6, 6.07) is 23.3. The molecule has 37 heavy (non-hydrogen) atoms. The van der Waals surface area contributed by atoms with Crippen molar-refractivity contribution in [1.29, 1.82) is 0 Å². The van der Waals surface area contributed by atoms with Crippen molar-refractivity contribution in [2.45, 2.75) is 38.3 Å². The lowest BCUT2D eigenvalue weighted by Crippen LogP contribution is -2.44. The van der Waals surface area contributed by atoms with E-state index in [1.165, 1.54) is 19.2 Å². The first-order chi connectivity index (χ1) is 17.7. The quantitative estimate of drug-likeness (QED) is 0.304. The van der Waals surface area contributed by atoms with Crippen LogP contribution in [0.15, 0.2) is 83.8 Å². The third-order valence-corrected chi connectivity index (χ3v) is 7.51. The molecule has 7 nitrogen and oxygen atoms in total. The SMILES string of the molecule is COC(=O)[C@H](NS(=O)(=O)c1ccc(-c2ccc(COc3cc(C)nc4ccccc34)cc2)cc1)C(C)C. The minimum Gasteiger partial charge on any atom is -0.488 e. The average Bonchev–Trinajstić information content (AvgIpc) is 2.90. The number of methoxy groups -OCH3 is 1. The number of para-hydroxylation sites is 1. The number of rotatable bonds is 9. The average molecular weight is 519 g/mol. The van der Waals surface area contributed by atoms with Gasteiger partial charge in [0.25, 0.3) is 0 Å². The Hall–Kier alpha value is -3.75. The van der Waals surface area contributed by atoms with E-state index in [9.17, 15) is 13.2 Å². The van der Waals surface area contributed by atoms with Crippen LogP contribution in [0.25, 0.3) is 22.0 Å². The van der Waals surface area contributed by atoms with E-state index in [2.05, 4.69) is 9.71 Å². The third-order valence-electron chi connectivity index (χ3n) is 6.06. The van der Waals surface area contributed by atoms with Crippen molar-refractivity contribution in [2.24, 2.45) is 5.92 Å². The molecule has 1 atom stereocenters. The molecule has 0 bridgehead atoms. The van der Waals surface area contributed by atoms with E-state index in [-0.39, 0.29) is 10.8 Å². The van der Waals surface area contributed by atoms with Crippen LogP contribution in [0, 0.1) is 12.8 Å². The number of hydrogen-bond donors (Lipinski definition) is 1. The number of carbonyl (C=O) groups is 1. The molecule has 1 heterocycles. The van der Waals surface area contributed by atoms with E-state index in [0.29, 0.717) is 6.61 Å². The molecule has 8 heteroatoms. The molecule has 0 aliphatic rings. The van der Waals surface area contributed by atoms with Gasteiger partial charge >= 0.3 is 5.97 Å². The monoisotopic (exact) mass is 518 g/mol. The molecule has 3 aromatic carbocycles. The minimum atomic E-state index is -3.89. The highest BCUT2D eigenvalue weighted by molar-refractivity contribution is 7.89. The number of aryl methyl sites for hydroxylation is 1. The lowest BCUT2D eigenvalue weighted by molar-refractivity contribution is -0.143. The van der Waals surface area contributed by atoms with Crippen molar-refractivity contribution >= 4 is 26.9 Å². The Labute approximate surface area is 217 Å². The van der Waals surface area contributed by atoms with Crippen molar-refractivity contribution in [3.8, 4) is 16.9 Å². The van der Waals surface area contributed by atoms with Gasteiger partial charge in [-0.2, -0.15) is 4.72 Å². The van der Waals surface area contributed by atoms with Crippen LogP contribution >= 0.6 is 0 Å². The molecular weight excluding hydrogens is 488 g/mol. The number of ether oxygens (including phenoxy) is 2. The van der Waals surface area contributed by atoms with Gasteiger partial charge in [-0.05, 0) is 53.8 Å². The van der Waals surface area contributed by atoms with Crippen molar-refractivity contribution in [3.05, 3.63) is 90.1 Å². The Kier molecular flexibility index (Phi) is 7.90. The van der Waals surface area contributed by atoms with Gasteiger partial charge < -0.3 is 9.47 Å². The molecule has 0 unspecified atom stereocenters. The van der Waals surface area contributed by atoms with Crippen LogP contribution in [0.3, 0.4) is 0 Å². The van der Waals surface area contributed by atoms with Crippen molar-refractivity contribution in [1.82, 2.24) is 9.71 Å². The minimum absolute atomic E-state index is 0.0793. The maximum Gasteiger partial charge on any atom is 0.324 e. The number of aromatic nitrogens is 1. The van der Waals surface area contributed by atoms with Crippen molar-refractivity contribution in [2.75, 3.05) is 7.11 Å². The maximum atomic E-state index is 12.8. The molecule has 0 radical (unpaired) electrons. The number of nitrogens with one attached hydrogen (secondary N) is 1. The Balaban J connectivity index is 1.45. The predicted octanol–water partition coefficient (Wildman–Crippen LogP) is 5.27. The second-order valence-corrected chi connectivity index (χ2v) is 10.9. The number of pyridine rings is 1. The zero-order chi connectivity index (χ0) is 26.6. The Morgan fingerprint density at radius 1 is 0.946 bits per heavy atom. The van der Waals surface area contributed by atoms with E-state index in [0.717, 1.165) is 39.0 Å². The van der Waals surface area contributed by atoms with Crippen LogP contribution in [0.2, 0.25) is 0 Å². The molecule has 0 aliphatic carbocycles. The number of hydrogen-bond acceptors (Lipinski definition) is 6. The Morgan fingerprint density at radius 2 is 1.57 bits per heavy atom. The fourth-order valence-corrected chi connectivity index (χ4v) is 5.32. The number of sulfonamides is 1. The summed E-state index contributed by atoms with van der Waals surface area (Å²) >= 11 is 0. The molecule has 0 fully saturated rings.